The fourth-order valence-electron chi connectivity index (χ4n) is 8.79. The van der Waals surface area contributed by atoms with E-state index in [1.807, 2.05) is 0 Å². The summed E-state index contributed by atoms with van der Waals surface area (Å²) in [6, 6.07) is 0. The lowest BCUT2D eigenvalue weighted by Gasteiger charge is -2.18. The Morgan fingerprint density at radius 1 is 0.280 bits per heavy atom. The SMILES string of the molecule is CC/C=C\C/C=C\C/C=C\C/C=C\C/C=C\C/C=C\CCCCCCCCCCCCCCCCC(=O)OCC(COC(=O)CCCCCCC/C=C\CCCCC)OC(=O)CCCCCCC/C=C\CCCCC. The third kappa shape index (κ3) is 61.1. The molecular formula is C69H118O6. The molecule has 0 saturated heterocycles. The molecule has 6 heteroatoms. The summed E-state index contributed by atoms with van der Waals surface area (Å²) in [5.74, 6) is -0.894. The lowest BCUT2D eigenvalue weighted by Crippen LogP contribution is -2.30. The topological polar surface area (TPSA) is 78.9 Å². The van der Waals surface area contributed by atoms with Crippen LogP contribution in [0.25, 0.3) is 0 Å². The second kappa shape index (κ2) is 62.9. The van der Waals surface area contributed by atoms with Crippen molar-refractivity contribution in [1.29, 1.82) is 0 Å². The summed E-state index contributed by atoms with van der Waals surface area (Å²) in [6.45, 7) is 6.48. The summed E-state index contributed by atoms with van der Waals surface area (Å²) in [5, 5.41) is 0. The third-order valence-corrected chi connectivity index (χ3v) is 13.5. The second-order valence-corrected chi connectivity index (χ2v) is 20.9. The number of ether oxygens (including phenoxy) is 3. The second-order valence-electron chi connectivity index (χ2n) is 20.9. The zero-order valence-corrected chi connectivity index (χ0v) is 49.3. The lowest BCUT2D eigenvalue weighted by atomic mass is 10.0. The number of esters is 3. The van der Waals surface area contributed by atoms with E-state index in [-0.39, 0.29) is 31.1 Å². The van der Waals surface area contributed by atoms with E-state index < -0.39 is 6.10 Å². The van der Waals surface area contributed by atoms with Gasteiger partial charge >= 0.3 is 17.9 Å². The van der Waals surface area contributed by atoms with Gasteiger partial charge in [0.15, 0.2) is 6.10 Å². The highest BCUT2D eigenvalue weighted by Gasteiger charge is 2.19. The van der Waals surface area contributed by atoms with Crippen molar-refractivity contribution in [2.24, 2.45) is 0 Å². The molecule has 0 spiro atoms. The summed E-state index contributed by atoms with van der Waals surface area (Å²) < 4.78 is 16.9. The maximum atomic E-state index is 12.8. The van der Waals surface area contributed by atoms with Crippen molar-refractivity contribution in [2.75, 3.05) is 13.2 Å². The highest BCUT2D eigenvalue weighted by molar-refractivity contribution is 5.71. The predicted molar refractivity (Wildman–Crippen MR) is 325 cm³/mol. The molecule has 1 unspecified atom stereocenters. The Labute approximate surface area is 464 Å². The van der Waals surface area contributed by atoms with Crippen LogP contribution in [0.1, 0.15) is 303 Å². The average molecular weight is 1040 g/mol. The number of carbonyl (C=O) groups excluding carboxylic acids is 3. The summed E-state index contributed by atoms with van der Waals surface area (Å²) >= 11 is 0. The Bertz CT molecular complexity index is 1480. The molecule has 0 aliphatic carbocycles. The fourth-order valence-corrected chi connectivity index (χ4v) is 8.79. The standard InChI is InChI=1S/C69H118O6/c1-4-7-10-13-16-19-22-25-26-27-28-29-30-31-32-33-34-35-36-37-38-39-40-41-42-43-44-45-48-50-53-56-59-62-68(71)74-65-66(75-69(72)63-60-57-54-51-47-24-21-18-15-12-9-6-3)64-73-67(70)61-58-55-52-49-46-23-20-17-14-11-8-5-2/h7,10,16-21,25-26,28-29,31-32,34-35,66H,4-6,8-9,11-15,22-24,27,30,33,36-65H2,1-3H3/b10-7-,19-16-,20-17-,21-18-,26-25-,29-28-,32-31-,35-34-. The van der Waals surface area contributed by atoms with Gasteiger partial charge in [0, 0.05) is 19.3 Å². The van der Waals surface area contributed by atoms with Gasteiger partial charge in [0.2, 0.25) is 0 Å². The smallest absolute Gasteiger partial charge is 0.306 e. The van der Waals surface area contributed by atoms with Gasteiger partial charge in [-0.05, 0) is 122 Å². The largest absolute Gasteiger partial charge is 0.462 e. The van der Waals surface area contributed by atoms with Gasteiger partial charge in [0.05, 0.1) is 0 Å². The molecule has 0 aliphatic heterocycles. The quantitative estimate of drug-likeness (QED) is 0.0261. The molecule has 0 rings (SSSR count). The van der Waals surface area contributed by atoms with E-state index in [9.17, 15) is 14.4 Å². The molecule has 0 aromatic heterocycles. The zero-order valence-electron chi connectivity index (χ0n) is 49.3. The van der Waals surface area contributed by atoms with Gasteiger partial charge < -0.3 is 14.2 Å². The van der Waals surface area contributed by atoms with Crippen molar-refractivity contribution >= 4 is 17.9 Å². The molecule has 0 aliphatic rings. The molecule has 430 valence electrons. The normalized spacial score (nSPS) is 12.7. The Morgan fingerprint density at radius 3 is 0.827 bits per heavy atom. The third-order valence-electron chi connectivity index (χ3n) is 13.5. The molecule has 0 aromatic rings. The van der Waals surface area contributed by atoms with Gasteiger partial charge in [0.25, 0.3) is 0 Å². The van der Waals surface area contributed by atoms with E-state index >= 15 is 0 Å². The molecule has 0 bridgehead atoms. The van der Waals surface area contributed by atoms with Crippen LogP contribution in [0, 0.1) is 0 Å². The number of allylic oxidation sites excluding steroid dienone is 16. The van der Waals surface area contributed by atoms with Gasteiger partial charge in [-0.15, -0.1) is 0 Å². The molecule has 0 aromatic carbocycles. The van der Waals surface area contributed by atoms with Gasteiger partial charge in [-0.2, -0.15) is 0 Å². The van der Waals surface area contributed by atoms with E-state index in [0.717, 1.165) is 116 Å². The van der Waals surface area contributed by atoms with Crippen LogP contribution in [0.4, 0.5) is 0 Å². The molecule has 6 nitrogen and oxygen atoms in total. The number of unbranched alkanes of at least 4 members (excludes halogenated alkanes) is 30. The van der Waals surface area contributed by atoms with Crippen molar-refractivity contribution in [3.63, 3.8) is 0 Å². The molecule has 75 heavy (non-hydrogen) atoms. The first-order valence-corrected chi connectivity index (χ1v) is 31.7. The molecule has 0 amide bonds. The zero-order chi connectivity index (χ0) is 54.3. The molecule has 0 radical (unpaired) electrons. The number of hydrogen-bond donors (Lipinski definition) is 0. The fraction of sp³-hybridized carbons (Fsp3) is 0.725. The predicted octanol–water partition coefficient (Wildman–Crippen LogP) is 21.7. The lowest BCUT2D eigenvalue weighted by molar-refractivity contribution is -0.167. The van der Waals surface area contributed by atoms with Crippen LogP contribution in [0.3, 0.4) is 0 Å². The van der Waals surface area contributed by atoms with E-state index in [2.05, 4.69) is 118 Å². The van der Waals surface area contributed by atoms with Gasteiger partial charge in [0.1, 0.15) is 13.2 Å². The maximum Gasteiger partial charge on any atom is 0.306 e. The highest BCUT2D eigenvalue weighted by Crippen LogP contribution is 2.16. The first kappa shape index (κ1) is 71.3. The van der Waals surface area contributed by atoms with E-state index in [4.69, 9.17) is 14.2 Å². The monoisotopic (exact) mass is 1040 g/mol. The molecule has 0 saturated carbocycles. The number of hydrogen-bond acceptors (Lipinski definition) is 6. The number of rotatable bonds is 57. The minimum Gasteiger partial charge on any atom is -0.462 e. The van der Waals surface area contributed by atoms with Gasteiger partial charge in [-0.3, -0.25) is 14.4 Å². The van der Waals surface area contributed by atoms with Gasteiger partial charge in [-0.25, -0.2) is 0 Å². The minimum atomic E-state index is -0.783. The molecule has 0 heterocycles. The Hall–Kier alpha value is -3.67. The summed E-state index contributed by atoms with van der Waals surface area (Å²) in [4.78, 5) is 38.1. The van der Waals surface area contributed by atoms with Crippen LogP contribution < -0.4 is 0 Å². The van der Waals surface area contributed by atoms with Crippen LogP contribution in [-0.2, 0) is 28.6 Å². The highest BCUT2D eigenvalue weighted by atomic mass is 16.6. The molecule has 0 fully saturated rings. The van der Waals surface area contributed by atoms with Crippen molar-refractivity contribution in [2.45, 2.75) is 309 Å². The minimum absolute atomic E-state index is 0.0814. The summed E-state index contributed by atoms with van der Waals surface area (Å²) in [6.07, 6.45) is 84.3. The van der Waals surface area contributed by atoms with Crippen molar-refractivity contribution in [3.05, 3.63) is 97.2 Å². The van der Waals surface area contributed by atoms with Gasteiger partial charge in [-0.1, -0.05) is 259 Å². The molecule has 1 atom stereocenters. The van der Waals surface area contributed by atoms with E-state index in [1.54, 1.807) is 0 Å². The van der Waals surface area contributed by atoms with E-state index in [0.29, 0.717) is 19.3 Å². The van der Waals surface area contributed by atoms with Crippen LogP contribution >= 0.6 is 0 Å². The van der Waals surface area contributed by atoms with Crippen LogP contribution in [0.2, 0.25) is 0 Å². The Morgan fingerprint density at radius 2 is 0.520 bits per heavy atom. The van der Waals surface area contributed by atoms with Crippen LogP contribution in [0.15, 0.2) is 97.2 Å². The van der Waals surface area contributed by atoms with Crippen molar-refractivity contribution in [3.8, 4) is 0 Å². The van der Waals surface area contributed by atoms with Crippen molar-refractivity contribution < 1.29 is 28.6 Å². The van der Waals surface area contributed by atoms with Crippen LogP contribution in [-0.4, -0.2) is 37.2 Å². The van der Waals surface area contributed by atoms with Crippen molar-refractivity contribution in [1.82, 2.24) is 0 Å². The first-order valence-electron chi connectivity index (χ1n) is 31.7. The molecule has 0 N–H and O–H groups in total. The number of carbonyl (C=O) groups is 3. The van der Waals surface area contributed by atoms with Crippen LogP contribution in [0.5, 0.6) is 0 Å². The molecular weight excluding hydrogens is 925 g/mol. The maximum absolute atomic E-state index is 12.8. The Kier molecular flexibility index (Phi) is 59.8. The van der Waals surface area contributed by atoms with E-state index in [1.165, 1.54) is 148 Å². The average Bonchev–Trinajstić information content (AvgIpc) is 3.41. The summed E-state index contributed by atoms with van der Waals surface area (Å²) in [7, 11) is 0. The first-order chi connectivity index (χ1) is 37.0. The summed E-state index contributed by atoms with van der Waals surface area (Å²) in [5.41, 5.74) is 0. The Balaban J connectivity index is 4.12.